The van der Waals surface area contributed by atoms with E-state index < -0.39 is 0 Å². The number of hydrogen-bond acceptors (Lipinski definition) is 4. The second kappa shape index (κ2) is 9.59. The predicted molar refractivity (Wildman–Crippen MR) is 103 cm³/mol. The van der Waals surface area contributed by atoms with Crippen molar-refractivity contribution in [3.05, 3.63) is 53.0 Å². The third-order valence-corrected chi connectivity index (χ3v) is 4.85. The Bertz CT molecular complexity index is 664. The van der Waals surface area contributed by atoms with Gasteiger partial charge in [-0.25, -0.2) is 0 Å². The number of thioether (sulfide) groups is 1. The molecule has 0 bridgehead atoms. The fourth-order valence-corrected chi connectivity index (χ4v) is 3.08. The molecule has 128 valence electrons. The molecule has 0 saturated carbocycles. The van der Waals surface area contributed by atoms with E-state index >= 15 is 0 Å². The van der Waals surface area contributed by atoms with Crippen LogP contribution in [0.15, 0.2) is 53.0 Å². The highest BCUT2D eigenvalue weighted by atomic mass is 79.9. The maximum absolute atomic E-state index is 12.2. The number of carbonyl (C=O) groups is 1. The van der Waals surface area contributed by atoms with Crippen molar-refractivity contribution in [2.24, 2.45) is 0 Å². The molecule has 1 N–H and O–H groups in total. The number of ether oxygens (including phenoxy) is 2. The lowest BCUT2D eigenvalue weighted by atomic mass is 10.3. The summed E-state index contributed by atoms with van der Waals surface area (Å²) in [6.45, 7) is 2.44. The normalized spacial score (nSPS) is 11.6. The molecule has 1 atom stereocenters. The Hall–Kier alpha value is -1.66. The summed E-state index contributed by atoms with van der Waals surface area (Å²) in [6, 6.07) is 15.0. The first-order valence-corrected chi connectivity index (χ1v) is 9.37. The minimum Gasteiger partial charge on any atom is -0.497 e. The highest BCUT2D eigenvalue weighted by molar-refractivity contribution is 9.10. The molecular formula is C18H20BrNO3S. The first-order valence-electron chi connectivity index (χ1n) is 7.53. The van der Waals surface area contributed by atoms with E-state index in [0.717, 1.165) is 27.4 Å². The van der Waals surface area contributed by atoms with Gasteiger partial charge in [-0.05, 0) is 49.4 Å². The van der Waals surface area contributed by atoms with Crippen molar-refractivity contribution < 1.29 is 14.3 Å². The molecule has 6 heteroatoms. The second-order valence-corrected chi connectivity index (χ2v) is 7.40. The van der Waals surface area contributed by atoms with Gasteiger partial charge in [0.15, 0.2) is 0 Å². The quantitative estimate of drug-likeness (QED) is 0.647. The zero-order valence-electron chi connectivity index (χ0n) is 13.6. The van der Waals surface area contributed by atoms with E-state index in [2.05, 4.69) is 21.2 Å². The highest BCUT2D eigenvalue weighted by Crippen LogP contribution is 2.19. The van der Waals surface area contributed by atoms with Gasteiger partial charge in [0.25, 0.3) is 0 Å². The number of methoxy groups -OCH3 is 1. The molecule has 0 spiro atoms. The van der Waals surface area contributed by atoms with Crippen LogP contribution >= 0.6 is 27.7 Å². The van der Waals surface area contributed by atoms with Crippen LogP contribution in [0.25, 0.3) is 0 Å². The molecule has 0 aliphatic carbocycles. The molecule has 1 unspecified atom stereocenters. The van der Waals surface area contributed by atoms with Crippen LogP contribution in [-0.4, -0.2) is 30.6 Å². The van der Waals surface area contributed by atoms with Gasteiger partial charge < -0.3 is 14.8 Å². The Kier molecular flexibility index (Phi) is 7.46. The van der Waals surface area contributed by atoms with Gasteiger partial charge >= 0.3 is 0 Å². The third-order valence-electron chi connectivity index (χ3n) is 3.24. The summed E-state index contributed by atoms with van der Waals surface area (Å²) in [6.07, 6.45) is 0. The van der Waals surface area contributed by atoms with Gasteiger partial charge in [-0.1, -0.05) is 22.0 Å². The van der Waals surface area contributed by atoms with Crippen molar-refractivity contribution in [1.82, 2.24) is 0 Å². The van der Waals surface area contributed by atoms with E-state index in [-0.39, 0.29) is 11.2 Å². The topological polar surface area (TPSA) is 47.6 Å². The fourth-order valence-electron chi connectivity index (χ4n) is 1.94. The van der Waals surface area contributed by atoms with Gasteiger partial charge in [0.2, 0.25) is 5.91 Å². The van der Waals surface area contributed by atoms with Crippen molar-refractivity contribution >= 4 is 39.3 Å². The van der Waals surface area contributed by atoms with Gasteiger partial charge in [-0.15, -0.1) is 11.8 Å². The average Bonchev–Trinajstić information content (AvgIpc) is 2.59. The monoisotopic (exact) mass is 409 g/mol. The summed E-state index contributed by atoms with van der Waals surface area (Å²) in [5.41, 5.74) is 0.788. The Balaban J connectivity index is 1.70. The molecule has 24 heavy (non-hydrogen) atoms. The summed E-state index contributed by atoms with van der Waals surface area (Å²) in [5.74, 6) is 2.32. The van der Waals surface area contributed by atoms with Crippen LogP contribution in [0.4, 0.5) is 5.69 Å². The molecule has 2 aromatic carbocycles. The molecule has 0 aromatic heterocycles. The van der Waals surface area contributed by atoms with Gasteiger partial charge in [0, 0.05) is 15.9 Å². The van der Waals surface area contributed by atoms with E-state index in [1.165, 1.54) is 0 Å². The maximum atomic E-state index is 12.2. The summed E-state index contributed by atoms with van der Waals surface area (Å²) >= 11 is 4.95. The number of halogens is 1. The number of nitrogens with one attached hydrogen (secondary N) is 1. The molecule has 2 aromatic rings. The van der Waals surface area contributed by atoms with E-state index in [1.807, 2.05) is 55.5 Å². The largest absolute Gasteiger partial charge is 0.497 e. The van der Waals surface area contributed by atoms with Crippen LogP contribution in [0.1, 0.15) is 6.92 Å². The molecule has 0 radical (unpaired) electrons. The molecule has 1 amide bonds. The van der Waals surface area contributed by atoms with Crippen LogP contribution in [0.3, 0.4) is 0 Å². The van der Waals surface area contributed by atoms with Crippen LogP contribution < -0.4 is 14.8 Å². The number of hydrogen-bond donors (Lipinski definition) is 1. The van der Waals surface area contributed by atoms with Crippen LogP contribution in [-0.2, 0) is 4.79 Å². The summed E-state index contributed by atoms with van der Waals surface area (Å²) in [7, 11) is 1.63. The van der Waals surface area contributed by atoms with Crippen molar-refractivity contribution in [3.63, 3.8) is 0 Å². The minimum absolute atomic E-state index is 0.0115. The number of anilines is 1. The number of amides is 1. The highest BCUT2D eigenvalue weighted by Gasteiger charge is 2.13. The first-order chi connectivity index (χ1) is 11.6. The van der Waals surface area contributed by atoms with Crippen molar-refractivity contribution in [2.45, 2.75) is 12.2 Å². The fraction of sp³-hybridized carbons (Fsp3) is 0.278. The van der Waals surface area contributed by atoms with Crippen LogP contribution in [0.5, 0.6) is 11.5 Å². The smallest absolute Gasteiger partial charge is 0.237 e. The molecule has 2 rings (SSSR count). The van der Waals surface area contributed by atoms with Crippen molar-refractivity contribution in [2.75, 3.05) is 24.8 Å². The summed E-state index contributed by atoms with van der Waals surface area (Å²) < 4.78 is 11.7. The van der Waals surface area contributed by atoms with Gasteiger partial charge in [-0.3, -0.25) is 4.79 Å². The van der Waals surface area contributed by atoms with Crippen LogP contribution in [0.2, 0.25) is 0 Å². The van der Waals surface area contributed by atoms with Gasteiger partial charge in [-0.2, -0.15) is 0 Å². The lowest BCUT2D eigenvalue weighted by Crippen LogP contribution is -2.23. The maximum Gasteiger partial charge on any atom is 0.237 e. The first kappa shape index (κ1) is 18.7. The summed E-state index contributed by atoms with van der Waals surface area (Å²) in [4.78, 5) is 12.2. The molecule has 0 aliphatic heterocycles. The van der Waals surface area contributed by atoms with E-state index in [0.29, 0.717) is 6.61 Å². The number of carbonyl (C=O) groups excluding carboxylic acids is 1. The third kappa shape index (κ3) is 6.09. The second-order valence-electron chi connectivity index (χ2n) is 5.04. The molecule has 0 fully saturated rings. The SMILES string of the molecule is COc1ccc(OCCSC(C)C(=O)Nc2cccc(Br)c2)cc1. The van der Waals surface area contributed by atoms with Crippen molar-refractivity contribution in [1.29, 1.82) is 0 Å². The molecule has 0 saturated heterocycles. The Labute approximate surface area is 155 Å². The zero-order chi connectivity index (χ0) is 17.4. The molecule has 0 heterocycles. The molecule has 4 nitrogen and oxygen atoms in total. The Morgan fingerprint density at radius 1 is 1.21 bits per heavy atom. The Morgan fingerprint density at radius 3 is 2.58 bits per heavy atom. The zero-order valence-corrected chi connectivity index (χ0v) is 16.0. The Morgan fingerprint density at radius 2 is 1.92 bits per heavy atom. The van der Waals surface area contributed by atoms with Crippen LogP contribution in [0, 0.1) is 0 Å². The number of rotatable bonds is 8. The van der Waals surface area contributed by atoms with Crippen molar-refractivity contribution in [3.8, 4) is 11.5 Å². The van der Waals surface area contributed by atoms with Gasteiger partial charge in [0.1, 0.15) is 11.5 Å². The predicted octanol–water partition coefficient (Wildman–Crippen LogP) is 4.60. The lowest BCUT2D eigenvalue weighted by Gasteiger charge is -2.13. The van der Waals surface area contributed by atoms with E-state index in [4.69, 9.17) is 9.47 Å². The minimum atomic E-state index is -0.150. The van der Waals surface area contributed by atoms with E-state index in [9.17, 15) is 4.79 Å². The lowest BCUT2D eigenvalue weighted by molar-refractivity contribution is -0.115. The van der Waals surface area contributed by atoms with Gasteiger partial charge in [0.05, 0.1) is 19.0 Å². The van der Waals surface area contributed by atoms with E-state index in [1.54, 1.807) is 18.9 Å². The standard InChI is InChI=1S/C18H20BrNO3S/c1-13(18(21)20-15-5-3-4-14(19)12-15)24-11-10-23-17-8-6-16(22-2)7-9-17/h3-9,12-13H,10-11H2,1-2H3,(H,20,21). The number of benzene rings is 2. The summed E-state index contributed by atoms with van der Waals surface area (Å²) in [5, 5.41) is 2.76. The average molecular weight is 410 g/mol. The molecular weight excluding hydrogens is 390 g/mol. The molecule has 0 aliphatic rings.